The molecule has 0 fully saturated rings. The van der Waals surface area contributed by atoms with E-state index in [0.29, 0.717) is 19.3 Å². The third kappa shape index (κ3) is 4.51. The molecule has 1 aromatic rings. The van der Waals surface area contributed by atoms with E-state index in [4.69, 9.17) is 0 Å². The van der Waals surface area contributed by atoms with E-state index in [-0.39, 0.29) is 17.5 Å². The van der Waals surface area contributed by atoms with E-state index >= 15 is 0 Å². The van der Waals surface area contributed by atoms with Crippen molar-refractivity contribution in [3.05, 3.63) is 35.4 Å². The molecule has 0 atom stereocenters. The van der Waals surface area contributed by atoms with E-state index in [0.717, 1.165) is 11.1 Å². The van der Waals surface area contributed by atoms with Crippen LogP contribution >= 0.6 is 0 Å². The van der Waals surface area contributed by atoms with Gasteiger partial charge in [0.25, 0.3) is 0 Å². The van der Waals surface area contributed by atoms with Crippen LogP contribution in [0.3, 0.4) is 0 Å². The van der Waals surface area contributed by atoms with Crippen LogP contribution in [0.1, 0.15) is 38.3 Å². The van der Waals surface area contributed by atoms with E-state index in [2.05, 4.69) is 0 Å². The lowest BCUT2D eigenvalue weighted by Crippen LogP contribution is -2.10. The summed E-state index contributed by atoms with van der Waals surface area (Å²) in [5, 5.41) is 0. The highest BCUT2D eigenvalue weighted by Gasteiger charge is 2.08. The predicted molar refractivity (Wildman–Crippen MR) is 69.0 cm³/mol. The minimum absolute atomic E-state index is 0.0799. The highest BCUT2D eigenvalue weighted by atomic mass is 16.1. The van der Waals surface area contributed by atoms with Gasteiger partial charge >= 0.3 is 0 Å². The topological polar surface area (TPSA) is 34.1 Å². The zero-order chi connectivity index (χ0) is 12.8. The molecule has 0 aliphatic rings. The Hall–Kier alpha value is -1.44. The lowest BCUT2D eigenvalue weighted by Gasteiger charge is -2.05. The SMILES string of the molecule is CCC(=O)Cc1ccc(CC(=O)C(C)C)cc1. The lowest BCUT2D eigenvalue weighted by atomic mass is 9.99. The molecular weight excluding hydrogens is 212 g/mol. The average molecular weight is 232 g/mol. The molecule has 0 heterocycles. The predicted octanol–water partition coefficient (Wildman–Crippen LogP) is 2.98. The fraction of sp³-hybridized carbons (Fsp3) is 0.467. The van der Waals surface area contributed by atoms with Gasteiger partial charge in [0.15, 0.2) is 0 Å². The zero-order valence-corrected chi connectivity index (χ0v) is 10.8. The van der Waals surface area contributed by atoms with E-state index in [1.165, 1.54) is 0 Å². The van der Waals surface area contributed by atoms with Gasteiger partial charge in [-0.15, -0.1) is 0 Å². The Kier molecular flexibility index (Phi) is 5.08. The van der Waals surface area contributed by atoms with Gasteiger partial charge in [-0.3, -0.25) is 9.59 Å². The van der Waals surface area contributed by atoms with Gasteiger partial charge in [0.05, 0.1) is 0 Å². The van der Waals surface area contributed by atoms with E-state index in [1.54, 1.807) is 0 Å². The van der Waals surface area contributed by atoms with Crippen LogP contribution in [0.2, 0.25) is 0 Å². The summed E-state index contributed by atoms with van der Waals surface area (Å²) < 4.78 is 0. The zero-order valence-electron chi connectivity index (χ0n) is 10.8. The average Bonchev–Trinajstić information content (AvgIpc) is 2.31. The second-order valence-electron chi connectivity index (χ2n) is 4.68. The maximum Gasteiger partial charge on any atom is 0.139 e. The summed E-state index contributed by atoms with van der Waals surface area (Å²) in [6, 6.07) is 7.77. The van der Waals surface area contributed by atoms with Crippen molar-refractivity contribution < 1.29 is 9.59 Å². The Balaban J connectivity index is 2.62. The molecule has 0 aliphatic carbocycles. The molecule has 17 heavy (non-hydrogen) atoms. The molecule has 1 aromatic carbocycles. The molecule has 0 N–H and O–H groups in total. The van der Waals surface area contributed by atoms with Crippen LogP contribution in [-0.4, -0.2) is 11.6 Å². The Morgan fingerprint density at radius 3 is 1.88 bits per heavy atom. The number of carbonyl (C=O) groups excluding carboxylic acids is 2. The number of hydrogen-bond donors (Lipinski definition) is 0. The van der Waals surface area contributed by atoms with Gasteiger partial charge < -0.3 is 0 Å². The van der Waals surface area contributed by atoms with Crippen LogP contribution in [0.4, 0.5) is 0 Å². The fourth-order valence-corrected chi connectivity index (χ4v) is 1.53. The summed E-state index contributed by atoms with van der Waals surface area (Å²) in [4.78, 5) is 22.8. The van der Waals surface area contributed by atoms with Gasteiger partial charge in [0, 0.05) is 25.2 Å². The van der Waals surface area contributed by atoms with E-state index in [1.807, 2.05) is 45.0 Å². The first-order valence-corrected chi connectivity index (χ1v) is 6.15. The number of ketones is 2. The molecule has 0 aliphatic heterocycles. The Morgan fingerprint density at radius 2 is 1.47 bits per heavy atom. The number of benzene rings is 1. The summed E-state index contributed by atoms with van der Waals surface area (Å²) in [5.74, 6) is 0.578. The van der Waals surface area contributed by atoms with E-state index in [9.17, 15) is 9.59 Å². The second kappa shape index (κ2) is 6.33. The summed E-state index contributed by atoms with van der Waals surface area (Å²) in [7, 11) is 0. The standard InChI is InChI=1S/C15H20O2/c1-4-14(16)9-12-5-7-13(8-6-12)10-15(17)11(2)3/h5-8,11H,4,9-10H2,1-3H3. The molecule has 1 rings (SSSR count). The summed E-state index contributed by atoms with van der Waals surface area (Å²) in [6.07, 6.45) is 1.56. The number of hydrogen-bond acceptors (Lipinski definition) is 2. The monoisotopic (exact) mass is 232 g/mol. The van der Waals surface area contributed by atoms with Crippen molar-refractivity contribution in [2.24, 2.45) is 5.92 Å². The van der Waals surface area contributed by atoms with Gasteiger partial charge in [0.1, 0.15) is 11.6 Å². The Morgan fingerprint density at radius 1 is 1.00 bits per heavy atom. The van der Waals surface area contributed by atoms with Gasteiger partial charge in [-0.2, -0.15) is 0 Å². The van der Waals surface area contributed by atoms with Crippen molar-refractivity contribution in [2.45, 2.75) is 40.0 Å². The molecule has 0 saturated carbocycles. The smallest absolute Gasteiger partial charge is 0.139 e. The maximum absolute atomic E-state index is 11.6. The third-order valence-corrected chi connectivity index (χ3v) is 2.84. The van der Waals surface area contributed by atoms with Crippen LogP contribution in [0.5, 0.6) is 0 Å². The number of Topliss-reactive ketones (excluding diaryl/α,β-unsaturated/α-hetero) is 2. The first-order valence-electron chi connectivity index (χ1n) is 6.15. The molecule has 0 bridgehead atoms. The third-order valence-electron chi connectivity index (χ3n) is 2.84. The van der Waals surface area contributed by atoms with Crippen LogP contribution in [0.15, 0.2) is 24.3 Å². The van der Waals surface area contributed by atoms with Crippen molar-refractivity contribution >= 4 is 11.6 Å². The fourth-order valence-electron chi connectivity index (χ4n) is 1.53. The molecule has 2 heteroatoms. The quantitative estimate of drug-likeness (QED) is 0.755. The number of rotatable bonds is 6. The van der Waals surface area contributed by atoms with Crippen molar-refractivity contribution in [1.82, 2.24) is 0 Å². The molecular formula is C15H20O2. The highest BCUT2D eigenvalue weighted by molar-refractivity contribution is 5.83. The Labute approximate surface area is 103 Å². The minimum Gasteiger partial charge on any atom is -0.299 e. The first-order chi connectivity index (χ1) is 8.02. The second-order valence-corrected chi connectivity index (χ2v) is 4.68. The van der Waals surface area contributed by atoms with Crippen molar-refractivity contribution in [3.8, 4) is 0 Å². The van der Waals surface area contributed by atoms with Gasteiger partial charge in [0.2, 0.25) is 0 Å². The summed E-state index contributed by atoms with van der Waals surface area (Å²) in [6.45, 7) is 5.70. The number of carbonyl (C=O) groups is 2. The summed E-state index contributed by atoms with van der Waals surface area (Å²) >= 11 is 0. The van der Waals surface area contributed by atoms with E-state index < -0.39 is 0 Å². The highest BCUT2D eigenvalue weighted by Crippen LogP contribution is 2.09. The molecule has 92 valence electrons. The van der Waals surface area contributed by atoms with Gasteiger partial charge in [-0.25, -0.2) is 0 Å². The van der Waals surface area contributed by atoms with Gasteiger partial charge in [-0.1, -0.05) is 45.0 Å². The molecule has 0 radical (unpaired) electrons. The molecule has 0 spiro atoms. The Bertz CT molecular complexity index is 388. The minimum atomic E-state index is 0.0799. The van der Waals surface area contributed by atoms with Gasteiger partial charge in [-0.05, 0) is 11.1 Å². The van der Waals surface area contributed by atoms with Crippen molar-refractivity contribution in [2.75, 3.05) is 0 Å². The molecule has 0 unspecified atom stereocenters. The van der Waals surface area contributed by atoms with Crippen LogP contribution in [-0.2, 0) is 22.4 Å². The summed E-state index contributed by atoms with van der Waals surface area (Å²) in [5.41, 5.74) is 2.05. The molecule has 0 saturated heterocycles. The molecule has 0 amide bonds. The first kappa shape index (κ1) is 13.6. The lowest BCUT2D eigenvalue weighted by molar-refractivity contribution is -0.121. The van der Waals surface area contributed by atoms with Crippen LogP contribution in [0.25, 0.3) is 0 Å². The van der Waals surface area contributed by atoms with Crippen molar-refractivity contribution in [1.29, 1.82) is 0 Å². The van der Waals surface area contributed by atoms with Crippen molar-refractivity contribution in [3.63, 3.8) is 0 Å². The molecule has 2 nitrogen and oxygen atoms in total. The largest absolute Gasteiger partial charge is 0.299 e. The maximum atomic E-state index is 11.6. The van der Waals surface area contributed by atoms with Crippen LogP contribution in [0, 0.1) is 5.92 Å². The normalized spacial score (nSPS) is 10.6. The van der Waals surface area contributed by atoms with Crippen LogP contribution < -0.4 is 0 Å². The molecule has 0 aromatic heterocycles.